The fourth-order valence-electron chi connectivity index (χ4n) is 8.46. The van der Waals surface area contributed by atoms with E-state index in [-0.39, 0.29) is 75.0 Å². The third-order valence-corrected chi connectivity index (χ3v) is 13.1. The number of aryl methyl sites for hydroxylation is 2. The molecule has 9 rings (SSSR count). The molecule has 1 aliphatic rings. The molecule has 0 bridgehead atoms. The van der Waals surface area contributed by atoms with E-state index in [1.165, 1.54) is 22.3 Å². The minimum atomic E-state index is -4.06. The fourth-order valence-corrected chi connectivity index (χ4v) is 9.45. The molecule has 65 heavy (non-hydrogen) atoms. The second-order valence-corrected chi connectivity index (χ2v) is 18.9. The number of benzene rings is 4. The number of halogens is 4. The number of hydrogen-bond acceptors (Lipinski definition) is 2. The first-order valence-electron chi connectivity index (χ1n) is 20.0. The fraction of sp³-hybridized carbons (Fsp3) is 0.102. The molecule has 16 heteroatoms. The van der Waals surface area contributed by atoms with Gasteiger partial charge in [-0.25, -0.2) is 9.13 Å². The van der Waals surface area contributed by atoms with Gasteiger partial charge in [0.25, 0.3) is 0 Å². The van der Waals surface area contributed by atoms with Crippen molar-refractivity contribution in [3.8, 4) is 44.8 Å². The monoisotopic (exact) mass is 986 g/mol. The van der Waals surface area contributed by atoms with E-state index in [4.69, 9.17) is 0 Å². The van der Waals surface area contributed by atoms with Crippen molar-refractivity contribution in [2.24, 2.45) is 0 Å². The van der Waals surface area contributed by atoms with Crippen molar-refractivity contribution in [3.05, 3.63) is 217 Å². The van der Waals surface area contributed by atoms with Gasteiger partial charge in [0.1, 0.15) is 12.3 Å². The van der Waals surface area contributed by atoms with Crippen LogP contribution in [0.25, 0.3) is 44.8 Å². The zero-order valence-electron chi connectivity index (χ0n) is 34.6. The number of aromatic nitrogens is 4. The minimum Gasteiger partial charge on any atom is -1.00 e. The number of rotatable bonds is 12. The first-order valence-corrected chi connectivity index (χ1v) is 23.6. The Morgan fingerprint density at radius 3 is 0.985 bits per heavy atom. The maximum Gasteiger partial charge on any atom is 0.331 e. The summed E-state index contributed by atoms with van der Waals surface area (Å²) in [6, 6.07) is 51.2. The number of hydrogen-bond donors (Lipinski definition) is 4. The Hall–Kier alpha value is -5.06. The molecule has 0 spiro atoms. The maximum atomic E-state index is 11.3. The van der Waals surface area contributed by atoms with E-state index in [2.05, 4.69) is 130 Å². The number of fused-ring (bicyclic) bond motifs is 3. The summed E-state index contributed by atoms with van der Waals surface area (Å²) in [5, 5.41) is 0. The summed E-state index contributed by atoms with van der Waals surface area (Å²) in [4.78, 5) is 36.9. The van der Waals surface area contributed by atoms with Crippen LogP contribution in [0.2, 0.25) is 0 Å². The molecular formula is C49H44Cl4N4O6P2. The van der Waals surface area contributed by atoms with Gasteiger partial charge in [0.05, 0.1) is 5.41 Å². The van der Waals surface area contributed by atoms with Gasteiger partial charge in [-0.3, -0.25) is 9.13 Å². The Morgan fingerprint density at radius 2 is 0.677 bits per heavy atom. The molecule has 0 amide bonds. The van der Waals surface area contributed by atoms with Crippen LogP contribution >= 0.6 is 15.2 Å². The molecule has 0 saturated heterocycles. The van der Waals surface area contributed by atoms with E-state index >= 15 is 0 Å². The van der Waals surface area contributed by atoms with E-state index in [1.807, 2.05) is 73.8 Å². The average molecular weight is 989 g/mol. The molecule has 0 atom stereocenters. The van der Waals surface area contributed by atoms with E-state index in [1.54, 1.807) is 9.13 Å². The Labute approximate surface area is 402 Å². The van der Waals surface area contributed by atoms with Crippen LogP contribution < -0.4 is 67.9 Å². The van der Waals surface area contributed by atoms with Gasteiger partial charge in [0.15, 0.2) is 62.7 Å². The quantitative estimate of drug-likeness (QED) is 0.0718. The summed E-state index contributed by atoms with van der Waals surface area (Å²) in [7, 11) is -8.12. The Bertz CT molecular complexity index is 2750. The molecule has 4 aromatic carbocycles. The number of pyridine rings is 4. The molecule has 10 nitrogen and oxygen atoms in total. The molecule has 334 valence electrons. The maximum absolute atomic E-state index is 11.3. The highest BCUT2D eigenvalue weighted by molar-refractivity contribution is 7.51. The summed E-state index contributed by atoms with van der Waals surface area (Å²) in [5.41, 5.74) is 12.9. The van der Waals surface area contributed by atoms with E-state index in [0.717, 1.165) is 44.8 Å². The van der Waals surface area contributed by atoms with Crippen molar-refractivity contribution in [1.29, 1.82) is 0 Å². The summed E-state index contributed by atoms with van der Waals surface area (Å²) >= 11 is 0. The van der Waals surface area contributed by atoms with Crippen LogP contribution in [-0.4, -0.2) is 31.9 Å². The van der Waals surface area contributed by atoms with Crippen molar-refractivity contribution in [1.82, 2.24) is 0 Å². The highest BCUT2D eigenvalue weighted by Crippen LogP contribution is 2.56. The van der Waals surface area contributed by atoms with Gasteiger partial charge in [-0.2, -0.15) is 9.13 Å². The van der Waals surface area contributed by atoms with Gasteiger partial charge in [0.2, 0.25) is 11.4 Å². The second kappa shape index (κ2) is 21.1. The van der Waals surface area contributed by atoms with E-state index < -0.39 is 20.6 Å². The minimum absolute atomic E-state index is 0. The Balaban J connectivity index is 0.00000198. The predicted octanol–water partition coefficient (Wildman–Crippen LogP) is -5.12. The molecule has 8 aromatic rings. The van der Waals surface area contributed by atoms with Crippen molar-refractivity contribution in [2.75, 3.05) is 12.3 Å². The van der Waals surface area contributed by atoms with Gasteiger partial charge >= 0.3 is 15.2 Å². The summed E-state index contributed by atoms with van der Waals surface area (Å²) in [6.45, 7) is 0.501. The van der Waals surface area contributed by atoms with Crippen molar-refractivity contribution >= 4 is 15.2 Å². The topological polar surface area (TPSA) is 131 Å². The lowest BCUT2D eigenvalue weighted by atomic mass is 9.67. The van der Waals surface area contributed by atoms with E-state index in [9.17, 15) is 28.7 Å². The SMILES string of the molecule is O=P(O)(O)CC[n+]1ccc(-c2cc[n+](-c3ccc(C4(c5ccc(-[n+]6ccc(-c7cc[n+](CCP(=O)(O)O)cc7)cc6)cc5)c5ccccc5-c5ccccc54)cc3)cc2)cc1.[Cl-].[Cl-].[Cl-].[Cl-]. The molecule has 4 heterocycles. The summed E-state index contributed by atoms with van der Waals surface area (Å²) in [5.74, 6) is 0. The van der Waals surface area contributed by atoms with Crippen LogP contribution in [0.3, 0.4) is 0 Å². The Kier molecular flexibility index (Phi) is 16.5. The van der Waals surface area contributed by atoms with Gasteiger partial charge in [-0.05, 0) is 55.6 Å². The van der Waals surface area contributed by atoms with E-state index in [0.29, 0.717) is 0 Å². The molecule has 0 saturated carbocycles. The van der Waals surface area contributed by atoms with Crippen molar-refractivity contribution in [2.45, 2.75) is 18.5 Å². The van der Waals surface area contributed by atoms with Crippen molar-refractivity contribution < 1.29 is 96.6 Å². The Morgan fingerprint density at radius 1 is 0.385 bits per heavy atom. The predicted molar refractivity (Wildman–Crippen MR) is 232 cm³/mol. The zero-order chi connectivity index (χ0) is 42.2. The van der Waals surface area contributed by atoms with Gasteiger partial charge in [0, 0.05) is 72.8 Å². The first-order chi connectivity index (χ1) is 29.4. The smallest absolute Gasteiger partial charge is 0.331 e. The third-order valence-electron chi connectivity index (χ3n) is 11.6. The van der Waals surface area contributed by atoms with Gasteiger partial charge in [-0.15, -0.1) is 0 Å². The van der Waals surface area contributed by atoms with Crippen LogP contribution in [-0.2, 0) is 27.6 Å². The molecule has 0 radical (unpaired) electrons. The van der Waals surface area contributed by atoms with Crippen LogP contribution in [0.5, 0.6) is 0 Å². The lowest BCUT2D eigenvalue weighted by Crippen LogP contribution is -3.00. The second-order valence-electron chi connectivity index (χ2n) is 15.3. The summed E-state index contributed by atoms with van der Waals surface area (Å²) < 4.78 is 30.4. The third kappa shape index (κ3) is 10.8. The van der Waals surface area contributed by atoms with Crippen molar-refractivity contribution in [3.63, 3.8) is 0 Å². The highest BCUT2D eigenvalue weighted by atomic mass is 35.5. The van der Waals surface area contributed by atoms with Crippen LogP contribution in [0, 0.1) is 0 Å². The average Bonchev–Trinajstić information content (AvgIpc) is 3.59. The van der Waals surface area contributed by atoms with Crippen LogP contribution in [0.4, 0.5) is 0 Å². The molecule has 0 fully saturated rings. The molecule has 0 aliphatic heterocycles. The van der Waals surface area contributed by atoms with Crippen LogP contribution in [0.1, 0.15) is 22.3 Å². The van der Waals surface area contributed by atoms with Crippen LogP contribution in [0.15, 0.2) is 195 Å². The molecule has 4 aromatic heterocycles. The standard InChI is InChI=1S/C49H40N4O6P2.4ClH/c54-60(55,56)35-33-50-25-17-37(18-26-50)39-21-29-52(30-22-39)43-13-9-41(10-14-43)49(47-7-3-1-5-45(47)46-6-2-4-8-48(46)49)42-11-15-44(16-12-42)53-31-23-40(24-32-53)38-19-27-51(28-20-38)34-36-61(57,58)59;;;;/h1-32H,33-36H2;4*1H. The van der Waals surface area contributed by atoms with Gasteiger partial charge in [-0.1, -0.05) is 72.8 Å². The number of nitrogens with zero attached hydrogens (tertiary/aromatic N) is 4. The largest absolute Gasteiger partial charge is 1.00 e. The normalized spacial score (nSPS) is 12.3. The lowest BCUT2D eigenvalue weighted by Gasteiger charge is -2.33. The molecule has 0 unspecified atom stereocenters. The highest BCUT2D eigenvalue weighted by Gasteiger charge is 2.46. The summed E-state index contributed by atoms with van der Waals surface area (Å²) in [6.07, 6.45) is 15.2. The van der Waals surface area contributed by atoms with Gasteiger partial charge < -0.3 is 69.2 Å². The zero-order valence-corrected chi connectivity index (χ0v) is 39.4. The molecular weight excluding hydrogens is 944 g/mol. The molecule has 4 N–H and O–H groups in total. The molecule has 1 aliphatic carbocycles. The first kappa shape index (κ1) is 50.9. The lowest BCUT2D eigenvalue weighted by molar-refractivity contribution is -0.692.